The first-order chi connectivity index (χ1) is 12.1. The first-order valence-corrected chi connectivity index (χ1v) is 10.2. The topological polar surface area (TPSA) is 63.1 Å². The molecule has 0 spiro atoms. The molecule has 3 aromatic rings. The molecular formula is C19H18N2O2S2. The lowest BCUT2D eigenvalue weighted by Gasteiger charge is -2.12. The number of aromatic carboxylic acids is 1. The highest BCUT2D eigenvalue weighted by molar-refractivity contribution is 7.98. The van der Waals surface area contributed by atoms with Crippen LogP contribution in [-0.4, -0.2) is 21.0 Å². The van der Waals surface area contributed by atoms with Crippen molar-refractivity contribution in [3.05, 3.63) is 51.7 Å². The Hall–Kier alpha value is -1.92. The average Bonchev–Trinajstić information content (AvgIpc) is 2.98. The summed E-state index contributed by atoms with van der Waals surface area (Å²) in [6, 6.07) is 7.08. The lowest BCUT2D eigenvalue weighted by atomic mass is 9.97. The summed E-state index contributed by atoms with van der Waals surface area (Å²) in [6.45, 7) is 1.95. The third-order valence-electron chi connectivity index (χ3n) is 4.47. The van der Waals surface area contributed by atoms with E-state index < -0.39 is 5.97 Å². The maximum Gasteiger partial charge on any atom is 0.335 e. The number of benzene rings is 1. The molecule has 1 aliphatic carbocycles. The number of carboxylic acids is 1. The zero-order valence-corrected chi connectivity index (χ0v) is 15.5. The van der Waals surface area contributed by atoms with Gasteiger partial charge in [0.2, 0.25) is 0 Å². The summed E-state index contributed by atoms with van der Waals surface area (Å²) in [6.07, 6.45) is 4.80. The zero-order valence-electron chi connectivity index (χ0n) is 13.9. The van der Waals surface area contributed by atoms with Gasteiger partial charge in [-0.15, -0.1) is 23.1 Å². The van der Waals surface area contributed by atoms with Gasteiger partial charge in [0.15, 0.2) is 0 Å². The molecule has 0 fully saturated rings. The summed E-state index contributed by atoms with van der Waals surface area (Å²) in [5.41, 5.74) is 2.87. The Morgan fingerprint density at radius 3 is 2.72 bits per heavy atom. The summed E-state index contributed by atoms with van der Waals surface area (Å²) in [5, 5.41) is 11.3. The third-order valence-corrected chi connectivity index (χ3v) is 6.70. The van der Waals surface area contributed by atoms with Gasteiger partial charge in [0.1, 0.15) is 15.7 Å². The van der Waals surface area contributed by atoms with E-state index in [1.165, 1.54) is 28.7 Å². The summed E-state index contributed by atoms with van der Waals surface area (Å²) in [5.74, 6) is 0.697. The van der Waals surface area contributed by atoms with E-state index in [-0.39, 0.29) is 0 Å². The van der Waals surface area contributed by atoms with Crippen LogP contribution >= 0.6 is 23.1 Å². The van der Waals surface area contributed by atoms with Crippen molar-refractivity contribution in [2.75, 3.05) is 0 Å². The van der Waals surface area contributed by atoms with E-state index in [0.29, 0.717) is 5.56 Å². The molecule has 2 heterocycles. The van der Waals surface area contributed by atoms with Crippen molar-refractivity contribution in [3.63, 3.8) is 0 Å². The molecule has 1 aromatic carbocycles. The lowest BCUT2D eigenvalue weighted by Crippen LogP contribution is -2.00. The molecule has 4 rings (SSSR count). The number of thioether (sulfide) groups is 1. The smallest absolute Gasteiger partial charge is 0.335 e. The highest BCUT2D eigenvalue weighted by atomic mass is 32.2. The molecule has 2 aromatic heterocycles. The molecule has 0 amide bonds. The highest BCUT2D eigenvalue weighted by Gasteiger charge is 2.20. The largest absolute Gasteiger partial charge is 0.478 e. The minimum Gasteiger partial charge on any atom is -0.478 e. The first-order valence-electron chi connectivity index (χ1n) is 8.36. The molecule has 0 saturated carbocycles. The van der Waals surface area contributed by atoms with Gasteiger partial charge in [-0.25, -0.2) is 14.8 Å². The van der Waals surface area contributed by atoms with Gasteiger partial charge in [-0.05, 0) is 55.9 Å². The van der Waals surface area contributed by atoms with Gasteiger partial charge in [0.25, 0.3) is 0 Å². The number of carboxylic acid groups (broad SMARTS) is 1. The van der Waals surface area contributed by atoms with E-state index in [1.54, 1.807) is 23.9 Å². The average molecular weight is 370 g/mol. The van der Waals surface area contributed by atoms with Gasteiger partial charge in [-0.2, -0.15) is 0 Å². The second-order valence-electron chi connectivity index (χ2n) is 6.26. The molecule has 6 heteroatoms. The van der Waals surface area contributed by atoms with Crippen LogP contribution in [0, 0.1) is 6.92 Å². The Bertz CT molecular complexity index is 948. The number of aryl methyl sites for hydroxylation is 3. The van der Waals surface area contributed by atoms with E-state index in [1.807, 2.05) is 30.4 Å². The Labute approximate surface area is 154 Å². The van der Waals surface area contributed by atoms with E-state index in [2.05, 4.69) is 4.98 Å². The number of carbonyl (C=O) groups is 1. The lowest BCUT2D eigenvalue weighted by molar-refractivity contribution is 0.0697. The number of rotatable bonds is 4. The van der Waals surface area contributed by atoms with Gasteiger partial charge in [0, 0.05) is 16.0 Å². The maximum atomic E-state index is 11.0. The molecule has 0 aliphatic heterocycles. The third kappa shape index (κ3) is 3.28. The summed E-state index contributed by atoms with van der Waals surface area (Å²) in [7, 11) is 0. The molecular weight excluding hydrogens is 352 g/mol. The fraction of sp³-hybridized carbons (Fsp3) is 0.316. The Balaban J connectivity index is 1.64. The summed E-state index contributed by atoms with van der Waals surface area (Å²) >= 11 is 3.54. The molecule has 0 radical (unpaired) electrons. The number of nitrogens with zero attached hydrogens (tertiary/aromatic N) is 2. The maximum absolute atomic E-state index is 11.0. The molecule has 1 aliphatic rings. The second-order valence-corrected chi connectivity index (χ2v) is 8.31. The monoisotopic (exact) mass is 370 g/mol. The number of aromatic nitrogens is 2. The van der Waals surface area contributed by atoms with E-state index >= 15 is 0 Å². The molecule has 0 bridgehead atoms. The Morgan fingerprint density at radius 1 is 1.20 bits per heavy atom. The van der Waals surface area contributed by atoms with Crippen LogP contribution in [-0.2, 0) is 18.6 Å². The van der Waals surface area contributed by atoms with Crippen molar-refractivity contribution in [2.24, 2.45) is 0 Å². The predicted octanol–water partition coefficient (Wildman–Crippen LogP) is 4.87. The molecule has 4 nitrogen and oxygen atoms in total. The van der Waals surface area contributed by atoms with Gasteiger partial charge >= 0.3 is 5.97 Å². The van der Waals surface area contributed by atoms with Crippen molar-refractivity contribution >= 4 is 39.3 Å². The van der Waals surface area contributed by atoms with Crippen molar-refractivity contribution in [3.8, 4) is 0 Å². The molecule has 0 atom stereocenters. The summed E-state index contributed by atoms with van der Waals surface area (Å²) in [4.78, 5) is 22.9. The van der Waals surface area contributed by atoms with Crippen molar-refractivity contribution in [1.29, 1.82) is 0 Å². The Kier molecular flexibility index (Phi) is 4.48. The SMILES string of the molecule is Cc1nc(SCc2ccc(C(=O)O)cc2)c2c3c(sc2n1)CCCC3. The fourth-order valence-electron chi connectivity index (χ4n) is 3.23. The van der Waals surface area contributed by atoms with Crippen molar-refractivity contribution < 1.29 is 9.90 Å². The van der Waals surface area contributed by atoms with Crippen LogP contribution in [0.15, 0.2) is 29.3 Å². The molecule has 25 heavy (non-hydrogen) atoms. The second kappa shape index (κ2) is 6.77. The van der Waals surface area contributed by atoms with Crippen LogP contribution in [0.5, 0.6) is 0 Å². The molecule has 0 saturated heterocycles. The molecule has 128 valence electrons. The number of hydrogen-bond donors (Lipinski definition) is 1. The highest BCUT2D eigenvalue weighted by Crippen LogP contribution is 2.40. The van der Waals surface area contributed by atoms with Crippen LogP contribution < -0.4 is 0 Å². The van der Waals surface area contributed by atoms with Crippen molar-refractivity contribution in [2.45, 2.75) is 43.4 Å². The van der Waals surface area contributed by atoms with Gasteiger partial charge in [0.05, 0.1) is 5.56 Å². The van der Waals surface area contributed by atoms with Crippen LogP contribution in [0.2, 0.25) is 0 Å². The minimum absolute atomic E-state index is 0.320. The van der Waals surface area contributed by atoms with Gasteiger partial charge < -0.3 is 5.11 Å². The normalized spacial score (nSPS) is 13.8. The number of fused-ring (bicyclic) bond motifs is 3. The molecule has 0 unspecified atom stereocenters. The van der Waals surface area contributed by atoms with Crippen LogP contribution in [0.25, 0.3) is 10.2 Å². The van der Waals surface area contributed by atoms with E-state index in [0.717, 1.165) is 39.8 Å². The standard InChI is InChI=1S/C19H18N2O2S2/c1-11-20-17(24-10-12-6-8-13(9-7-12)19(22)23)16-14-4-2-3-5-15(14)25-18(16)21-11/h6-9H,2-5,10H2,1H3,(H,22,23). The van der Waals surface area contributed by atoms with Crippen molar-refractivity contribution in [1.82, 2.24) is 9.97 Å². The van der Waals surface area contributed by atoms with E-state index in [4.69, 9.17) is 10.1 Å². The molecule has 1 N–H and O–H groups in total. The predicted molar refractivity (Wildman–Crippen MR) is 102 cm³/mol. The quantitative estimate of drug-likeness (QED) is 0.524. The van der Waals surface area contributed by atoms with Crippen LogP contribution in [0.4, 0.5) is 0 Å². The number of hydrogen-bond acceptors (Lipinski definition) is 5. The fourth-order valence-corrected chi connectivity index (χ4v) is 5.65. The Morgan fingerprint density at radius 2 is 1.96 bits per heavy atom. The van der Waals surface area contributed by atoms with Gasteiger partial charge in [-0.1, -0.05) is 12.1 Å². The zero-order chi connectivity index (χ0) is 17.4. The van der Waals surface area contributed by atoms with Crippen LogP contribution in [0.1, 0.15) is 45.0 Å². The number of thiophene rings is 1. The summed E-state index contributed by atoms with van der Waals surface area (Å²) < 4.78 is 0. The van der Waals surface area contributed by atoms with Gasteiger partial charge in [-0.3, -0.25) is 0 Å². The minimum atomic E-state index is -0.891. The first kappa shape index (κ1) is 16.5. The van der Waals surface area contributed by atoms with E-state index in [9.17, 15) is 4.79 Å². The van der Waals surface area contributed by atoms with Crippen LogP contribution in [0.3, 0.4) is 0 Å².